The zero-order valence-electron chi connectivity index (χ0n) is 38.8. The van der Waals surface area contributed by atoms with Crippen molar-refractivity contribution in [1.29, 1.82) is 0 Å². The Labute approximate surface area is 359 Å². The summed E-state index contributed by atoms with van der Waals surface area (Å²) in [5, 5.41) is 2.32. The summed E-state index contributed by atoms with van der Waals surface area (Å²) in [6.45, 7) is 34.7. The Morgan fingerprint density at radius 3 is 1.27 bits per heavy atom. The lowest BCUT2D eigenvalue weighted by Gasteiger charge is -2.45. The van der Waals surface area contributed by atoms with Crippen LogP contribution in [0.1, 0.15) is 132 Å². The minimum atomic E-state index is -0.102. The summed E-state index contributed by atoms with van der Waals surface area (Å²) in [6, 6.07) is 42.5. The summed E-state index contributed by atoms with van der Waals surface area (Å²) in [6.07, 6.45) is 0. The Balaban J connectivity index is 1.42. The number of fused-ring (bicyclic) bond motifs is 7. The number of hydrogen-bond donors (Lipinski definition) is 0. The monoisotopic (exact) mass is 791 g/mol. The fourth-order valence-corrected chi connectivity index (χ4v) is 9.41. The molecule has 2 aliphatic rings. The molecule has 0 atom stereocenters. The van der Waals surface area contributed by atoms with Gasteiger partial charge in [0.2, 0.25) is 0 Å². The number of hydrogen-bond acceptors (Lipinski definition) is 3. The van der Waals surface area contributed by atoms with Crippen LogP contribution in [0, 0.1) is 0 Å². The summed E-state index contributed by atoms with van der Waals surface area (Å²) >= 11 is 0. The minimum Gasteiger partial charge on any atom is -0.456 e. The van der Waals surface area contributed by atoms with Gasteiger partial charge < -0.3 is 14.2 Å². The van der Waals surface area contributed by atoms with Gasteiger partial charge in [0, 0.05) is 44.9 Å². The maximum atomic E-state index is 6.84. The molecular weight excluding hydrogens is 727 g/mol. The van der Waals surface area contributed by atoms with Crippen LogP contribution in [-0.4, -0.2) is 6.71 Å². The van der Waals surface area contributed by atoms with E-state index in [4.69, 9.17) is 4.42 Å². The van der Waals surface area contributed by atoms with Crippen LogP contribution in [0.15, 0.2) is 114 Å². The van der Waals surface area contributed by atoms with E-state index in [1.165, 1.54) is 78.0 Å². The van der Waals surface area contributed by atoms with E-state index in [0.717, 1.165) is 22.2 Å². The van der Waals surface area contributed by atoms with Gasteiger partial charge in [-0.3, -0.25) is 0 Å². The van der Waals surface area contributed by atoms with Crippen molar-refractivity contribution < 1.29 is 4.42 Å². The molecule has 0 radical (unpaired) electrons. The van der Waals surface area contributed by atoms with Crippen LogP contribution in [0.4, 0.5) is 34.1 Å². The van der Waals surface area contributed by atoms with E-state index in [0.29, 0.717) is 0 Å². The maximum Gasteiger partial charge on any atom is 0.252 e. The molecule has 0 unspecified atom stereocenters. The zero-order chi connectivity index (χ0) is 43.1. The third-order valence-corrected chi connectivity index (χ3v) is 13.2. The summed E-state index contributed by atoms with van der Waals surface area (Å²) in [5.41, 5.74) is 19.6. The van der Waals surface area contributed by atoms with Gasteiger partial charge >= 0.3 is 0 Å². The van der Waals surface area contributed by atoms with E-state index >= 15 is 0 Å². The standard InChI is InChI=1S/C56H63BN2O/c1-52(2,3)34-16-22-39(23-17-34)58-45-26-20-37(55(10,11)12)29-43(45)57-44-33-50-42(41-28-36(54(7,8)9)21-27-49(41)60-50)32-46(44)59(40-24-18-35(19-25-40)53(4,5)6)48-31-38(56(13,14)15)30-47(58)51(48)57/h16-33H,1-15H3. The Morgan fingerprint density at radius 1 is 0.350 bits per heavy atom. The van der Waals surface area contributed by atoms with Crippen LogP contribution in [0.3, 0.4) is 0 Å². The van der Waals surface area contributed by atoms with Gasteiger partial charge in [-0.2, -0.15) is 0 Å². The number of anilines is 6. The van der Waals surface area contributed by atoms with Gasteiger partial charge in [0.05, 0.1) is 0 Å². The van der Waals surface area contributed by atoms with Crippen molar-refractivity contribution in [3.63, 3.8) is 0 Å². The molecule has 2 aliphatic heterocycles. The van der Waals surface area contributed by atoms with Crippen molar-refractivity contribution in [3.05, 3.63) is 137 Å². The quantitative estimate of drug-likeness (QED) is 0.163. The molecule has 3 nitrogen and oxygen atoms in total. The first-order valence-corrected chi connectivity index (χ1v) is 22.0. The van der Waals surface area contributed by atoms with E-state index in [1.54, 1.807) is 0 Å². The molecular formula is C56H63BN2O. The largest absolute Gasteiger partial charge is 0.456 e. The van der Waals surface area contributed by atoms with Gasteiger partial charge in [0.15, 0.2) is 0 Å². The first-order valence-electron chi connectivity index (χ1n) is 22.0. The SMILES string of the molecule is CC(C)(C)c1ccc(N2c3ccc(C(C)(C)C)cc3B3c4cc5oc6ccc(C(C)(C)C)cc6c5cc4N(c4ccc(C(C)(C)C)cc4)c4cc(C(C)(C)C)cc2c43)cc1. The Hall–Kier alpha value is -5.22. The number of benzene rings is 6. The molecule has 0 saturated carbocycles. The smallest absolute Gasteiger partial charge is 0.252 e. The second kappa shape index (κ2) is 13.1. The van der Waals surface area contributed by atoms with Crippen LogP contribution >= 0.6 is 0 Å². The average molecular weight is 791 g/mol. The molecule has 306 valence electrons. The van der Waals surface area contributed by atoms with Crippen LogP contribution in [0.25, 0.3) is 21.9 Å². The van der Waals surface area contributed by atoms with E-state index < -0.39 is 0 Å². The van der Waals surface area contributed by atoms with Crippen LogP contribution in [0.2, 0.25) is 0 Å². The second-order valence-corrected chi connectivity index (χ2v) is 22.9. The van der Waals surface area contributed by atoms with Crippen molar-refractivity contribution in [2.75, 3.05) is 9.80 Å². The van der Waals surface area contributed by atoms with Crippen molar-refractivity contribution in [2.45, 2.75) is 131 Å². The second-order valence-electron chi connectivity index (χ2n) is 22.9. The number of rotatable bonds is 2. The molecule has 60 heavy (non-hydrogen) atoms. The summed E-state index contributed by atoms with van der Waals surface area (Å²) in [4.78, 5) is 5.12. The van der Waals surface area contributed by atoms with E-state index in [9.17, 15) is 0 Å². The molecule has 0 saturated heterocycles. The Kier molecular flexibility index (Phi) is 8.81. The maximum absolute atomic E-state index is 6.84. The third kappa shape index (κ3) is 6.57. The highest BCUT2D eigenvalue weighted by molar-refractivity contribution is 7.00. The van der Waals surface area contributed by atoms with Crippen molar-refractivity contribution in [3.8, 4) is 0 Å². The van der Waals surface area contributed by atoms with Crippen molar-refractivity contribution in [2.24, 2.45) is 0 Å². The lowest BCUT2D eigenvalue weighted by Crippen LogP contribution is -2.61. The van der Waals surface area contributed by atoms with E-state index in [2.05, 4.69) is 223 Å². The molecule has 7 aromatic rings. The van der Waals surface area contributed by atoms with Gasteiger partial charge in [-0.15, -0.1) is 0 Å². The molecule has 9 rings (SSSR count). The first kappa shape index (κ1) is 40.2. The predicted octanol–water partition coefficient (Wildman–Crippen LogP) is 14.2. The molecule has 0 aliphatic carbocycles. The fraction of sp³-hybridized carbons (Fsp3) is 0.357. The first-order chi connectivity index (χ1) is 27.9. The normalized spacial score (nSPS) is 14.5. The van der Waals surface area contributed by atoms with Gasteiger partial charge in [-0.1, -0.05) is 146 Å². The molecule has 0 bridgehead atoms. The Morgan fingerprint density at radius 2 is 0.767 bits per heavy atom. The molecule has 6 aromatic carbocycles. The van der Waals surface area contributed by atoms with E-state index in [1.807, 2.05) is 0 Å². The average Bonchev–Trinajstić information content (AvgIpc) is 3.52. The highest BCUT2D eigenvalue weighted by Crippen LogP contribution is 2.48. The number of furan rings is 1. The fourth-order valence-electron chi connectivity index (χ4n) is 9.41. The van der Waals surface area contributed by atoms with E-state index in [-0.39, 0.29) is 33.8 Å². The predicted molar refractivity (Wildman–Crippen MR) is 261 cm³/mol. The summed E-state index contributed by atoms with van der Waals surface area (Å²) in [7, 11) is 0. The number of nitrogens with zero attached hydrogens (tertiary/aromatic N) is 2. The molecule has 3 heterocycles. The van der Waals surface area contributed by atoms with Gasteiger partial charge in [0.1, 0.15) is 11.2 Å². The van der Waals surface area contributed by atoms with Gasteiger partial charge in [-0.05, 0) is 138 Å². The summed E-state index contributed by atoms with van der Waals surface area (Å²) < 4.78 is 6.84. The van der Waals surface area contributed by atoms with Crippen LogP contribution in [-0.2, 0) is 27.1 Å². The highest BCUT2D eigenvalue weighted by atomic mass is 16.3. The molecule has 0 N–H and O–H groups in total. The van der Waals surface area contributed by atoms with Gasteiger partial charge in [0.25, 0.3) is 6.71 Å². The van der Waals surface area contributed by atoms with Crippen LogP contribution in [0.5, 0.6) is 0 Å². The lowest BCUT2D eigenvalue weighted by molar-refractivity contribution is 0.589. The van der Waals surface area contributed by atoms with Crippen LogP contribution < -0.4 is 26.2 Å². The lowest BCUT2D eigenvalue weighted by atomic mass is 9.33. The topological polar surface area (TPSA) is 19.6 Å². The zero-order valence-corrected chi connectivity index (χ0v) is 38.8. The van der Waals surface area contributed by atoms with Crippen molar-refractivity contribution >= 4 is 79.2 Å². The molecule has 0 amide bonds. The molecule has 0 fully saturated rings. The summed E-state index contributed by atoms with van der Waals surface area (Å²) in [5.74, 6) is 0. The Bertz CT molecular complexity index is 2820. The molecule has 4 heteroatoms. The van der Waals surface area contributed by atoms with Gasteiger partial charge in [-0.25, -0.2) is 0 Å². The molecule has 1 aromatic heterocycles. The molecule has 0 spiro atoms. The highest BCUT2D eigenvalue weighted by Gasteiger charge is 2.45. The third-order valence-electron chi connectivity index (χ3n) is 13.2. The van der Waals surface area contributed by atoms with Crippen molar-refractivity contribution in [1.82, 2.24) is 0 Å². The minimum absolute atomic E-state index is 0.0149.